The molecule has 0 saturated heterocycles. The molecule has 2 aromatic rings. The Morgan fingerprint density at radius 3 is 2.65 bits per heavy atom. The lowest BCUT2D eigenvalue weighted by Crippen LogP contribution is -2.31. The van der Waals surface area contributed by atoms with Gasteiger partial charge in [0.15, 0.2) is 0 Å². The lowest BCUT2D eigenvalue weighted by atomic mass is 10.0. The summed E-state index contributed by atoms with van der Waals surface area (Å²) in [5.74, 6) is 0. The molecule has 0 spiro atoms. The predicted octanol–water partition coefficient (Wildman–Crippen LogP) is 3.94. The summed E-state index contributed by atoms with van der Waals surface area (Å²) in [6.45, 7) is 3.36. The van der Waals surface area contributed by atoms with Crippen molar-refractivity contribution in [3.63, 3.8) is 0 Å². The molecule has 1 aliphatic heterocycles. The topological polar surface area (TPSA) is 15.3 Å². The highest BCUT2D eigenvalue weighted by molar-refractivity contribution is 5.55. The first kappa shape index (κ1) is 13.0. The fourth-order valence-electron chi connectivity index (χ4n) is 2.90. The van der Waals surface area contributed by atoms with E-state index in [0.717, 1.165) is 13.1 Å². The molecule has 3 rings (SSSR count). The van der Waals surface area contributed by atoms with Gasteiger partial charge in [-0.2, -0.15) is 0 Å². The molecule has 0 bridgehead atoms. The summed E-state index contributed by atoms with van der Waals surface area (Å²) in [4.78, 5) is 2.53. The number of nitrogens with one attached hydrogen (secondary N) is 1. The molecule has 0 aromatic heterocycles. The Balaban J connectivity index is 1.50. The number of nitrogens with zero attached hydrogens (tertiary/aromatic N) is 1. The van der Waals surface area contributed by atoms with E-state index in [0.29, 0.717) is 0 Å². The largest absolute Gasteiger partial charge is 0.385 e. The van der Waals surface area contributed by atoms with Gasteiger partial charge >= 0.3 is 0 Å². The van der Waals surface area contributed by atoms with E-state index in [-0.39, 0.29) is 0 Å². The zero-order valence-electron chi connectivity index (χ0n) is 11.9. The fraction of sp³-hybridized carbons (Fsp3) is 0.333. The van der Waals surface area contributed by atoms with E-state index in [9.17, 15) is 0 Å². The van der Waals surface area contributed by atoms with E-state index in [2.05, 4.69) is 64.8 Å². The highest BCUT2D eigenvalue weighted by Crippen LogP contribution is 2.26. The molecule has 0 fully saturated rings. The zero-order valence-corrected chi connectivity index (χ0v) is 11.9. The molecule has 20 heavy (non-hydrogen) atoms. The SMILES string of the molecule is c1ccc(NCCCN2CCCc3ccccc32)cc1. The van der Waals surface area contributed by atoms with Gasteiger partial charge in [0.05, 0.1) is 0 Å². The van der Waals surface area contributed by atoms with Crippen LogP contribution >= 0.6 is 0 Å². The first-order valence-electron chi connectivity index (χ1n) is 7.55. The first-order chi connectivity index (χ1) is 9.93. The van der Waals surface area contributed by atoms with Crippen molar-refractivity contribution < 1.29 is 0 Å². The van der Waals surface area contributed by atoms with Crippen LogP contribution in [0.3, 0.4) is 0 Å². The first-order valence-corrected chi connectivity index (χ1v) is 7.55. The third-order valence-electron chi connectivity index (χ3n) is 3.91. The van der Waals surface area contributed by atoms with Crippen LogP contribution in [0.25, 0.3) is 0 Å². The van der Waals surface area contributed by atoms with Crippen molar-refractivity contribution in [2.24, 2.45) is 0 Å². The number of para-hydroxylation sites is 2. The van der Waals surface area contributed by atoms with E-state index < -0.39 is 0 Å². The summed E-state index contributed by atoms with van der Waals surface area (Å²) < 4.78 is 0. The lowest BCUT2D eigenvalue weighted by molar-refractivity contribution is 0.674. The van der Waals surface area contributed by atoms with Gasteiger partial charge in [-0.1, -0.05) is 36.4 Å². The molecule has 1 heterocycles. The van der Waals surface area contributed by atoms with Gasteiger partial charge in [-0.3, -0.25) is 0 Å². The Bertz CT molecular complexity index is 536. The van der Waals surface area contributed by atoms with Crippen molar-refractivity contribution in [1.29, 1.82) is 0 Å². The molecule has 2 heteroatoms. The van der Waals surface area contributed by atoms with Crippen molar-refractivity contribution in [2.75, 3.05) is 29.9 Å². The summed E-state index contributed by atoms with van der Waals surface area (Å²) in [5, 5.41) is 3.48. The summed E-state index contributed by atoms with van der Waals surface area (Å²) in [6, 6.07) is 19.3. The molecule has 0 radical (unpaired) electrons. The fourth-order valence-corrected chi connectivity index (χ4v) is 2.90. The van der Waals surface area contributed by atoms with Crippen LogP contribution in [-0.2, 0) is 6.42 Å². The highest BCUT2D eigenvalue weighted by atomic mass is 15.1. The Labute approximate surface area is 121 Å². The Hall–Kier alpha value is -1.96. The third kappa shape index (κ3) is 3.13. The van der Waals surface area contributed by atoms with Gasteiger partial charge in [-0.15, -0.1) is 0 Å². The van der Waals surface area contributed by atoms with Crippen LogP contribution in [0.2, 0.25) is 0 Å². The quantitative estimate of drug-likeness (QED) is 0.825. The molecule has 2 nitrogen and oxygen atoms in total. The maximum atomic E-state index is 3.48. The van der Waals surface area contributed by atoms with E-state index in [1.165, 1.54) is 42.7 Å². The van der Waals surface area contributed by atoms with Gasteiger partial charge in [-0.05, 0) is 43.0 Å². The van der Waals surface area contributed by atoms with Crippen LogP contribution in [0, 0.1) is 0 Å². The number of hydrogen-bond donors (Lipinski definition) is 1. The molecule has 0 atom stereocenters. The maximum absolute atomic E-state index is 3.48. The predicted molar refractivity (Wildman–Crippen MR) is 86.5 cm³/mol. The van der Waals surface area contributed by atoms with Crippen LogP contribution in [0.15, 0.2) is 54.6 Å². The number of fused-ring (bicyclic) bond motifs is 1. The second-order valence-electron chi connectivity index (χ2n) is 5.37. The van der Waals surface area contributed by atoms with Gasteiger partial charge in [-0.25, -0.2) is 0 Å². The van der Waals surface area contributed by atoms with E-state index in [1.54, 1.807) is 0 Å². The van der Waals surface area contributed by atoms with Crippen LogP contribution in [0.1, 0.15) is 18.4 Å². The average molecular weight is 266 g/mol. The third-order valence-corrected chi connectivity index (χ3v) is 3.91. The van der Waals surface area contributed by atoms with Gasteiger partial charge < -0.3 is 10.2 Å². The molecule has 104 valence electrons. The lowest BCUT2D eigenvalue weighted by Gasteiger charge is -2.31. The van der Waals surface area contributed by atoms with Crippen molar-refractivity contribution in [2.45, 2.75) is 19.3 Å². The van der Waals surface area contributed by atoms with Crippen molar-refractivity contribution in [1.82, 2.24) is 0 Å². The number of hydrogen-bond acceptors (Lipinski definition) is 2. The normalized spacial score (nSPS) is 13.9. The summed E-state index contributed by atoms with van der Waals surface area (Å²) in [6.07, 6.45) is 3.68. The van der Waals surface area contributed by atoms with Crippen molar-refractivity contribution >= 4 is 11.4 Å². The summed E-state index contributed by atoms with van der Waals surface area (Å²) in [5.41, 5.74) is 4.17. The molecular formula is C18H22N2. The van der Waals surface area contributed by atoms with E-state index in [4.69, 9.17) is 0 Å². The van der Waals surface area contributed by atoms with Gasteiger partial charge in [0, 0.05) is 31.0 Å². The smallest absolute Gasteiger partial charge is 0.0398 e. The average Bonchev–Trinajstić information content (AvgIpc) is 2.53. The maximum Gasteiger partial charge on any atom is 0.0398 e. The number of rotatable bonds is 5. The van der Waals surface area contributed by atoms with Crippen molar-refractivity contribution in [3.8, 4) is 0 Å². The standard InChI is InChI=1S/C18H22N2/c1-2-10-17(11-3-1)19-13-7-15-20-14-6-9-16-8-4-5-12-18(16)20/h1-5,8,10-12,19H,6-7,9,13-15H2. The Morgan fingerprint density at radius 2 is 1.75 bits per heavy atom. The molecule has 0 saturated carbocycles. The molecule has 0 amide bonds. The number of anilines is 2. The van der Waals surface area contributed by atoms with E-state index in [1.807, 2.05) is 0 Å². The minimum atomic E-state index is 1.03. The number of benzene rings is 2. The Morgan fingerprint density at radius 1 is 0.950 bits per heavy atom. The van der Waals surface area contributed by atoms with E-state index >= 15 is 0 Å². The highest BCUT2D eigenvalue weighted by Gasteiger charge is 2.15. The minimum Gasteiger partial charge on any atom is -0.385 e. The van der Waals surface area contributed by atoms with Crippen LogP contribution in [-0.4, -0.2) is 19.6 Å². The second kappa shape index (κ2) is 6.47. The van der Waals surface area contributed by atoms with Crippen LogP contribution in [0.4, 0.5) is 11.4 Å². The van der Waals surface area contributed by atoms with Gasteiger partial charge in [0.1, 0.15) is 0 Å². The monoisotopic (exact) mass is 266 g/mol. The minimum absolute atomic E-state index is 1.03. The number of aryl methyl sites for hydroxylation is 1. The molecule has 1 aliphatic rings. The Kier molecular flexibility index (Phi) is 4.22. The summed E-state index contributed by atoms with van der Waals surface area (Å²) >= 11 is 0. The van der Waals surface area contributed by atoms with Gasteiger partial charge in [0.25, 0.3) is 0 Å². The molecule has 0 unspecified atom stereocenters. The molecule has 0 aliphatic carbocycles. The molecule has 2 aromatic carbocycles. The van der Waals surface area contributed by atoms with Crippen LogP contribution < -0.4 is 10.2 Å². The van der Waals surface area contributed by atoms with Crippen molar-refractivity contribution in [3.05, 3.63) is 60.2 Å². The zero-order chi connectivity index (χ0) is 13.6. The van der Waals surface area contributed by atoms with Gasteiger partial charge in [0.2, 0.25) is 0 Å². The van der Waals surface area contributed by atoms with Crippen LogP contribution in [0.5, 0.6) is 0 Å². The molecule has 1 N–H and O–H groups in total. The summed E-state index contributed by atoms with van der Waals surface area (Å²) in [7, 11) is 0. The molecular weight excluding hydrogens is 244 g/mol. The second-order valence-corrected chi connectivity index (χ2v) is 5.37.